The Labute approximate surface area is 183 Å². The molecule has 0 bridgehead atoms. The van der Waals surface area contributed by atoms with Gasteiger partial charge in [-0.05, 0) is 58.7 Å². The lowest BCUT2D eigenvalue weighted by Gasteiger charge is -2.18. The minimum absolute atomic E-state index is 0.117. The first-order valence-electron chi connectivity index (χ1n) is 9.97. The predicted octanol–water partition coefficient (Wildman–Crippen LogP) is 5.55. The Kier molecular flexibility index (Phi) is 6.37. The second-order valence-corrected chi connectivity index (χ2v) is 7.28. The maximum atomic E-state index is 13.4. The molecule has 2 N–H and O–H groups in total. The number of hydrogen-bond donors (Lipinski definition) is 2. The fourth-order valence-corrected chi connectivity index (χ4v) is 3.47. The van der Waals surface area contributed by atoms with Gasteiger partial charge in [-0.25, -0.2) is 18.6 Å². The lowest BCUT2D eigenvalue weighted by molar-refractivity contribution is 0.0387. The van der Waals surface area contributed by atoms with Crippen molar-refractivity contribution in [2.45, 2.75) is 19.1 Å². The first-order chi connectivity index (χ1) is 15.5. The zero-order valence-electron chi connectivity index (χ0n) is 17.0. The van der Waals surface area contributed by atoms with Gasteiger partial charge in [0.05, 0.1) is 18.3 Å². The summed E-state index contributed by atoms with van der Waals surface area (Å²) in [5, 5.41) is 9.56. The highest BCUT2D eigenvalue weighted by Gasteiger charge is 2.17. The van der Waals surface area contributed by atoms with Crippen LogP contribution in [-0.4, -0.2) is 21.0 Å². The molecule has 0 radical (unpaired) electrons. The topological polar surface area (TPSA) is 75.2 Å². The molecule has 1 atom stereocenters. The summed E-state index contributed by atoms with van der Waals surface area (Å²) in [6.07, 6.45) is 3.43. The molecule has 1 heterocycles. The van der Waals surface area contributed by atoms with Gasteiger partial charge < -0.3 is 14.8 Å². The van der Waals surface area contributed by atoms with E-state index >= 15 is 0 Å². The summed E-state index contributed by atoms with van der Waals surface area (Å²) in [5.41, 5.74) is 2.73. The number of rotatable bonds is 8. The number of halogens is 2. The molecule has 7 heteroatoms. The Morgan fingerprint density at radius 2 is 1.69 bits per heavy atom. The average molecular weight is 434 g/mol. The fraction of sp³-hybridized carbons (Fsp3) is 0.120. The highest BCUT2D eigenvalue weighted by atomic mass is 19.1. The largest absolute Gasteiger partial charge is 0.478 e. The Morgan fingerprint density at radius 1 is 1.00 bits per heavy atom. The lowest BCUT2D eigenvalue weighted by atomic mass is 9.97. The van der Waals surface area contributed by atoms with Crippen LogP contribution in [0.4, 0.5) is 8.78 Å². The van der Waals surface area contributed by atoms with Crippen LogP contribution < -0.4 is 0 Å². The van der Waals surface area contributed by atoms with E-state index in [0.29, 0.717) is 17.5 Å². The van der Waals surface area contributed by atoms with Crippen LogP contribution in [0.5, 0.6) is 0 Å². The van der Waals surface area contributed by atoms with Gasteiger partial charge in [0.15, 0.2) is 0 Å². The fourth-order valence-electron chi connectivity index (χ4n) is 3.47. The highest BCUT2D eigenvalue weighted by molar-refractivity contribution is 5.96. The molecule has 4 aromatic rings. The van der Waals surface area contributed by atoms with Crippen LogP contribution in [0.3, 0.4) is 0 Å². The molecule has 4 rings (SSSR count). The molecule has 1 unspecified atom stereocenters. The summed E-state index contributed by atoms with van der Waals surface area (Å²) in [6, 6.07) is 16.7. The maximum absolute atomic E-state index is 13.4. The number of ether oxygens (including phenoxy) is 1. The summed E-state index contributed by atoms with van der Waals surface area (Å²) in [4.78, 5) is 19.0. The first kappa shape index (κ1) is 21.4. The van der Waals surface area contributed by atoms with Gasteiger partial charge in [0.25, 0.3) is 0 Å². The smallest absolute Gasteiger partial charge is 0.336 e. The Hall–Kier alpha value is -3.84. The molecule has 162 valence electrons. The van der Waals surface area contributed by atoms with Crippen molar-refractivity contribution in [1.82, 2.24) is 9.97 Å². The molecule has 0 aliphatic rings. The molecule has 5 nitrogen and oxygen atoms in total. The van der Waals surface area contributed by atoms with Crippen LogP contribution in [0.15, 0.2) is 79.1 Å². The van der Waals surface area contributed by atoms with E-state index in [4.69, 9.17) is 4.74 Å². The Bertz CT molecular complexity index is 1190. The van der Waals surface area contributed by atoms with Gasteiger partial charge in [-0.15, -0.1) is 0 Å². The van der Waals surface area contributed by atoms with Crippen LogP contribution in [-0.2, 0) is 17.8 Å². The SMILES string of the molecule is O=C(O)c1ccc(COC(Cc2ncc[nH]2)c2ccc(F)cc2)cc1-c1ccc(F)cc1. The van der Waals surface area contributed by atoms with Crippen molar-refractivity contribution < 1.29 is 23.4 Å². The molecule has 0 fully saturated rings. The van der Waals surface area contributed by atoms with Gasteiger partial charge in [0.1, 0.15) is 17.5 Å². The number of carbonyl (C=O) groups is 1. The third-order valence-corrected chi connectivity index (χ3v) is 5.10. The molecule has 1 aromatic heterocycles. The molecule has 0 aliphatic heterocycles. The number of aromatic amines is 1. The number of nitrogens with zero attached hydrogens (tertiary/aromatic N) is 1. The zero-order valence-corrected chi connectivity index (χ0v) is 17.0. The second-order valence-electron chi connectivity index (χ2n) is 7.28. The van der Waals surface area contributed by atoms with E-state index in [1.165, 1.54) is 30.3 Å². The maximum Gasteiger partial charge on any atom is 0.336 e. The van der Waals surface area contributed by atoms with Gasteiger partial charge in [0, 0.05) is 18.8 Å². The molecular formula is C25H20F2N2O3. The summed E-state index contributed by atoms with van der Waals surface area (Å²) < 4.78 is 32.9. The summed E-state index contributed by atoms with van der Waals surface area (Å²) >= 11 is 0. The van der Waals surface area contributed by atoms with Crippen molar-refractivity contribution in [3.05, 3.63) is 113 Å². The molecule has 32 heavy (non-hydrogen) atoms. The molecule has 0 spiro atoms. The molecule has 0 saturated carbocycles. The molecule has 0 saturated heterocycles. The summed E-state index contributed by atoms with van der Waals surface area (Å²) in [6.45, 7) is 0.191. The Balaban J connectivity index is 1.59. The van der Waals surface area contributed by atoms with Crippen molar-refractivity contribution >= 4 is 5.97 Å². The summed E-state index contributed by atoms with van der Waals surface area (Å²) in [5.74, 6) is -1.07. The first-order valence-corrected chi connectivity index (χ1v) is 9.97. The second kappa shape index (κ2) is 9.53. The number of benzene rings is 3. The number of aromatic nitrogens is 2. The third-order valence-electron chi connectivity index (χ3n) is 5.10. The van der Waals surface area contributed by atoms with E-state index in [1.54, 1.807) is 48.8 Å². The minimum atomic E-state index is -1.07. The molecule has 3 aromatic carbocycles. The Morgan fingerprint density at radius 3 is 2.31 bits per heavy atom. The third kappa shape index (κ3) is 5.07. The quantitative estimate of drug-likeness (QED) is 0.381. The normalized spacial score (nSPS) is 11.9. The van der Waals surface area contributed by atoms with Gasteiger partial charge in [-0.2, -0.15) is 0 Å². The van der Waals surface area contributed by atoms with Crippen LogP contribution in [0, 0.1) is 11.6 Å². The van der Waals surface area contributed by atoms with E-state index in [2.05, 4.69) is 9.97 Å². The standard InChI is InChI=1S/C25H20F2N2O3/c26-19-6-2-17(3-7-19)22-13-16(1-10-21(22)25(30)31)15-32-23(14-24-28-11-12-29-24)18-4-8-20(27)9-5-18/h1-13,23H,14-15H2,(H,28,29)(H,30,31). The van der Waals surface area contributed by atoms with Crippen molar-refractivity contribution in [1.29, 1.82) is 0 Å². The van der Waals surface area contributed by atoms with Crippen molar-refractivity contribution in [2.24, 2.45) is 0 Å². The van der Waals surface area contributed by atoms with E-state index in [9.17, 15) is 18.7 Å². The predicted molar refractivity (Wildman–Crippen MR) is 115 cm³/mol. The number of nitrogens with one attached hydrogen (secondary N) is 1. The molecule has 0 aliphatic carbocycles. The van der Waals surface area contributed by atoms with E-state index in [0.717, 1.165) is 17.0 Å². The number of carboxylic acid groups (broad SMARTS) is 1. The monoisotopic (exact) mass is 434 g/mol. The van der Waals surface area contributed by atoms with Gasteiger partial charge in [-0.1, -0.05) is 30.3 Å². The highest BCUT2D eigenvalue weighted by Crippen LogP contribution is 2.28. The number of aromatic carboxylic acids is 1. The van der Waals surface area contributed by atoms with E-state index in [1.807, 2.05) is 0 Å². The van der Waals surface area contributed by atoms with E-state index < -0.39 is 17.9 Å². The summed E-state index contributed by atoms with van der Waals surface area (Å²) in [7, 11) is 0. The van der Waals surface area contributed by atoms with Crippen LogP contribution in [0.2, 0.25) is 0 Å². The van der Waals surface area contributed by atoms with Gasteiger partial charge in [-0.3, -0.25) is 0 Å². The minimum Gasteiger partial charge on any atom is -0.478 e. The van der Waals surface area contributed by atoms with Crippen LogP contribution in [0.1, 0.15) is 33.4 Å². The van der Waals surface area contributed by atoms with Crippen LogP contribution >= 0.6 is 0 Å². The number of carboxylic acids is 1. The number of imidazole rings is 1. The van der Waals surface area contributed by atoms with Crippen LogP contribution in [0.25, 0.3) is 11.1 Å². The van der Waals surface area contributed by atoms with Crippen molar-refractivity contribution in [3.8, 4) is 11.1 Å². The van der Waals surface area contributed by atoms with Gasteiger partial charge >= 0.3 is 5.97 Å². The van der Waals surface area contributed by atoms with Gasteiger partial charge in [0.2, 0.25) is 0 Å². The lowest BCUT2D eigenvalue weighted by Crippen LogP contribution is -2.10. The average Bonchev–Trinajstić information content (AvgIpc) is 3.31. The number of hydrogen-bond acceptors (Lipinski definition) is 3. The van der Waals surface area contributed by atoms with Crippen molar-refractivity contribution in [3.63, 3.8) is 0 Å². The molecule has 0 amide bonds. The zero-order chi connectivity index (χ0) is 22.5. The molecular weight excluding hydrogens is 414 g/mol. The van der Waals surface area contributed by atoms with E-state index in [-0.39, 0.29) is 18.0 Å². The van der Waals surface area contributed by atoms with Crippen molar-refractivity contribution in [2.75, 3.05) is 0 Å². The number of H-pyrrole nitrogens is 1.